The minimum absolute atomic E-state index is 0.166. The van der Waals surface area contributed by atoms with Crippen molar-refractivity contribution >= 4 is 5.69 Å². The summed E-state index contributed by atoms with van der Waals surface area (Å²) in [7, 11) is 0. The molecule has 1 aromatic rings. The summed E-state index contributed by atoms with van der Waals surface area (Å²) in [4.78, 5) is 1.96. The standard InChI is InChI=1S/C15H23FN2/c1-5-10-18(7-3)15-9-8-13(11-14(15)16)12(4)17-6-2/h5,8-9,11-12,17H,1,6-7,10H2,2-4H3. The van der Waals surface area contributed by atoms with Crippen molar-refractivity contribution in [1.82, 2.24) is 5.32 Å². The molecule has 1 unspecified atom stereocenters. The molecule has 0 heterocycles. The van der Waals surface area contributed by atoms with Crippen molar-refractivity contribution in [1.29, 1.82) is 0 Å². The lowest BCUT2D eigenvalue weighted by Crippen LogP contribution is -2.24. The third kappa shape index (κ3) is 3.57. The minimum Gasteiger partial charge on any atom is -0.366 e. The van der Waals surface area contributed by atoms with Crippen LogP contribution in [0.2, 0.25) is 0 Å². The van der Waals surface area contributed by atoms with Crippen LogP contribution in [-0.4, -0.2) is 19.6 Å². The van der Waals surface area contributed by atoms with Crippen molar-refractivity contribution in [3.05, 3.63) is 42.2 Å². The number of anilines is 1. The smallest absolute Gasteiger partial charge is 0.146 e. The highest BCUT2D eigenvalue weighted by Gasteiger charge is 2.11. The topological polar surface area (TPSA) is 15.3 Å². The van der Waals surface area contributed by atoms with Crippen molar-refractivity contribution in [3.63, 3.8) is 0 Å². The van der Waals surface area contributed by atoms with E-state index in [1.807, 2.05) is 37.8 Å². The van der Waals surface area contributed by atoms with Crippen LogP contribution in [0.5, 0.6) is 0 Å². The lowest BCUT2D eigenvalue weighted by atomic mass is 10.1. The van der Waals surface area contributed by atoms with Crippen LogP contribution >= 0.6 is 0 Å². The van der Waals surface area contributed by atoms with E-state index in [0.29, 0.717) is 12.2 Å². The van der Waals surface area contributed by atoms with Gasteiger partial charge in [-0.2, -0.15) is 0 Å². The number of halogens is 1. The summed E-state index contributed by atoms with van der Waals surface area (Å²) >= 11 is 0. The van der Waals surface area contributed by atoms with Gasteiger partial charge in [0.15, 0.2) is 0 Å². The zero-order valence-corrected chi connectivity index (χ0v) is 11.5. The Morgan fingerprint density at radius 3 is 2.67 bits per heavy atom. The highest BCUT2D eigenvalue weighted by Crippen LogP contribution is 2.23. The van der Waals surface area contributed by atoms with Gasteiger partial charge < -0.3 is 10.2 Å². The SMILES string of the molecule is C=CCN(CC)c1ccc(C(C)NCC)cc1F. The molecule has 1 atom stereocenters. The summed E-state index contributed by atoms with van der Waals surface area (Å²) in [5.74, 6) is -0.166. The third-order valence-corrected chi connectivity index (χ3v) is 3.05. The molecule has 0 aliphatic rings. The highest BCUT2D eigenvalue weighted by atomic mass is 19.1. The summed E-state index contributed by atoms with van der Waals surface area (Å²) in [5, 5.41) is 3.28. The van der Waals surface area contributed by atoms with Crippen molar-refractivity contribution < 1.29 is 4.39 Å². The predicted octanol–water partition coefficient (Wildman–Crippen LogP) is 3.51. The first-order chi connectivity index (χ1) is 8.63. The van der Waals surface area contributed by atoms with Gasteiger partial charge in [0.2, 0.25) is 0 Å². The molecular weight excluding hydrogens is 227 g/mol. The van der Waals surface area contributed by atoms with Gasteiger partial charge in [-0.15, -0.1) is 6.58 Å². The number of rotatable bonds is 7. The Labute approximate surface area is 110 Å². The summed E-state index contributed by atoms with van der Waals surface area (Å²) in [5.41, 5.74) is 1.62. The Hall–Kier alpha value is -1.35. The molecule has 1 aromatic carbocycles. The van der Waals surface area contributed by atoms with Crippen molar-refractivity contribution in [2.24, 2.45) is 0 Å². The second kappa shape index (κ2) is 7.17. The fourth-order valence-electron chi connectivity index (χ4n) is 2.03. The average Bonchev–Trinajstić information content (AvgIpc) is 2.36. The lowest BCUT2D eigenvalue weighted by Gasteiger charge is -2.23. The summed E-state index contributed by atoms with van der Waals surface area (Å²) in [6, 6.07) is 5.63. The normalized spacial score (nSPS) is 12.2. The number of hydrogen-bond donors (Lipinski definition) is 1. The van der Waals surface area contributed by atoms with Gasteiger partial charge in [-0.3, -0.25) is 0 Å². The van der Waals surface area contributed by atoms with Gasteiger partial charge in [0.05, 0.1) is 5.69 Å². The van der Waals surface area contributed by atoms with Crippen LogP contribution in [0.4, 0.5) is 10.1 Å². The van der Waals surface area contributed by atoms with Crippen LogP contribution in [-0.2, 0) is 0 Å². The first-order valence-corrected chi connectivity index (χ1v) is 6.52. The summed E-state index contributed by atoms with van der Waals surface area (Å²) < 4.78 is 14.1. The van der Waals surface area contributed by atoms with Gasteiger partial charge in [-0.25, -0.2) is 4.39 Å². The molecule has 0 aliphatic heterocycles. The quantitative estimate of drug-likeness (QED) is 0.745. The minimum atomic E-state index is -0.166. The van der Waals surface area contributed by atoms with E-state index < -0.39 is 0 Å². The molecule has 0 radical (unpaired) electrons. The first kappa shape index (κ1) is 14.7. The van der Waals surface area contributed by atoms with Crippen molar-refractivity contribution in [3.8, 4) is 0 Å². The van der Waals surface area contributed by atoms with E-state index in [9.17, 15) is 4.39 Å². The van der Waals surface area contributed by atoms with Crippen LogP contribution in [0.1, 0.15) is 32.4 Å². The van der Waals surface area contributed by atoms with Gasteiger partial charge in [-0.1, -0.05) is 19.1 Å². The molecule has 0 amide bonds. The maximum atomic E-state index is 14.1. The molecule has 1 N–H and O–H groups in total. The number of nitrogens with zero attached hydrogens (tertiary/aromatic N) is 1. The molecule has 0 saturated carbocycles. The lowest BCUT2D eigenvalue weighted by molar-refractivity contribution is 0.581. The Morgan fingerprint density at radius 1 is 1.44 bits per heavy atom. The molecule has 0 aliphatic carbocycles. The maximum absolute atomic E-state index is 14.1. The Bertz CT molecular complexity index is 390. The molecule has 18 heavy (non-hydrogen) atoms. The molecule has 0 spiro atoms. The molecule has 0 fully saturated rings. The second-order valence-electron chi connectivity index (χ2n) is 4.32. The summed E-state index contributed by atoms with van der Waals surface area (Å²) in [6.45, 7) is 12.1. The fourth-order valence-corrected chi connectivity index (χ4v) is 2.03. The Morgan fingerprint density at radius 2 is 2.17 bits per heavy atom. The van der Waals surface area contributed by atoms with E-state index in [0.717, 1.165) is 18.7 Å². The number of likely N-dealkylation sites (N-methyl/N-ethyl adjacent to an activating group) is 1. The maximum Gasteiger partial charge on any atom is 0.146 e. The third-order valence-electron chi connectivity index (χ3n) is 3.05. The average molecular weight is 250 g/mol. The highest BCUT2D eigenvalue weighted by molar-refractivity contribution is 5.50. The first-order valence-electron chi connectivity index (χ1n) is 6.52. The fraction of sp³-hybridized carbons (Fsp3) is 0.467. The van der Waals surface area contributed by atoms with E-state index in [1.54, 1.807) is 12.1 Å². The van der Waals surface area contributed by atoms with E-state index >= 15 is 0 Å². The number of hydrogen-bond acceptors (Lipinski definition) is 2. The molecular formula is C15H23FN2. The molecule has 0 saturated heterocycles. The van der Waals surface area contributed by atoms with Gasteiger partial charge in [0.1, 0.15) is 5.82 Å². The van der Waals surface area contributed by atoms with Gasteiger partial charge in [0.25, 0.3) is 0 Å². The van der Waals surface area contributed by atoms with E-state index in [2.05, 4.69) is 11.9 Å². The Kier molecular flexibility index (Phi) is 5.86. The van der Waals surface area contributed by atoms with Crippen molar-refractivity contribution in [2.45, 2.75) is 26.8 Å². The zero-order chi connectivity index (χ0) is 13.5. The van der Waals surface area contributed by atoms with Crippen LogP contribution in [0.15, 0.2) is 30.9 Å². The monoisotopic (exact) mass is 250 g/mol. The van der Waals surface area contributed by atoms with E-state index in [-0.39, 0.29) is 11.9 Å². The van der Waals surface area contributed by atoms with Crippen molar-refractivity contribution in [2.75, 3.05) is 24.5 Å². The van der Waals surface area contributed by atoms with Gasteiger partial charge >= 0.3 is 0 Å². The number of benzene rings is 1. The molecule has 2 nitrogen and oxygen atoms in total. The second-order valence-corrected chi connectivity index (χ2v) is 4.32. The largest absolute Gasteiger partial charge is 0.366 e. The van der Waals surface area contributed by atoms with E-state index in [1.165, 1.54) is 0 Å². The van der Waals surface area contributed by atoms with Gasteiger partial charge in [-0.05, 0) is 38.1 Å². The molecule has 0 bridgehead atoms. The van der Waals surface area contributed by atoms with E-state index in [4.69, 9.17) is 0 Å². The number of nitrogens with one attached hydrogen (secondary N) is 1. The molecule has 0 aromatic heterocycles. The van der Waals surface area contributed by atoms with Crippen LogP contribution in [0.25, 0.3) is 0 Å². The van der Waals surface area contributed by atoms with Gasteiger partial charge in [0, 0.05) is 19.1 Å². The molecule has 100 valence electrons. The van der Waals surface area contributed by atoms with Crippen LogP contribution < -0.4 is 10.2 Å². The predicted molar refractivity (Wildman–Crippen MR) is 76.6 cm³/mol. The molecule has 1 rings (SSSR count). The summed E-state index contributed by atoms with van der Waals surface area (Å²) in [6.07, 6.45) is 1.79. The molecule has 3 heteroatoms. The Balaban J connectivity index is 2.94. The van der Waals surface area contributed by atoms with Crippen LogP contribution in [0.3, 0.4) is 0 Å². The zero-order valence-electron chi connectivity index (χ0n) is 11.5. The van der Waals surface area contributed by atoms with Crippen LogP contribution in [0, 0.1) is 5.82 Å².